The Morgan fingerprint density at radius 1 is 0.343 bits per heavy atom. The summed E-state index contributed by atoms with van der Waals surface area (Å²) < 4.78 is 0. The van der Waals surface area contributed by atoms with Gasteiger partial charge in [0.25, 0.3) is 0 Å². The number of rotatable bonds is 57. The topological polar surface area (TPSA) is 69.6 Å². The van der Waals surface area contributed by atoms with Crippen LogP contribution in [0.3, 0.4) is 0 Å². The largest absolute Gasteiger partial charge is 0.394 e. The van der Waals surface area contributed by atoms with E-state index in [2.05, 4.69) is 79.9 Å². The highest BCUT2D eigenvalue weighted by Gasteiger charge is 2.18. The van der Waals surface area contributed by atoms with E-state index in [-0.39, 0.29) is 12.5 Å². The van der Waals surface area contributed by atoms with Crippen molar-refractivity contribution < 1.29 is 15.0 Å². The predicted molar refractivity (Wildman–Crippen MR) is 313 cm³/mol. The summed E-state index contributed by atoms with van der Waals surface area (Å²) in [6.45, 7) is 4.31. The van der Waals surface area contributed by atoms with Crippen LogP contribution in [0.5, 0.6) is 0 Å². The standard InChI is InChI=1S/C66H121NO3/c1-3-5-7-9-11-13-15-17-19-21-23-25-27-29-31-33-35-37-39-41-43-45-47-49-51-53-55-57-59-61-65(69)64(63-68)67-66(70)62-60-58-56-54-52-50-48-46-44-42-40-38-36-34-32-30-28-26-24-22-20-18-16-14-12-10-8-6-4-2/h16,18,22,24,28,30,43,45,51,53,59,61,64-65,68-69H,3-15,17,19-21,23,25-27,29,31-42,44,46-50,52,54-58,60,62-63H2,1-2H3,(H,67,70)/b18-16-,24-22-,30-28-,45-43+,53-51+,61-59+. The van der Waals surface area contributed by atoms with Crippen molar-refractivity contribution in [1.29, 1.82) is 0 Å². The second-order valence-electron chi connectivity index (χ2n) is 21.1. The molecule has 0 saturated carbocycles. The summed E-state index contributed by atoms with van der Waals surface area (Å²) in [6.07, 6.45) is 88.1. The summed E-state index contributed by atoms with van der Waals surface area (Å²) >= 11 is 0. The lowest BCUT2D eigenvalue weighted by Crippen LogP contribution is -2.45. The Kier molecular flexibility index (Phi) is 59.2. The zero-order valence-electron chi connectivity index (χ0n) is 47.0. The van der Waals surface area contributed by atoms with E-state index >= 15 is 0 Å². The third kappa shape index (κ3) is 56.7. The fourth-order valence-electron chi connectivity index (χ4n) is 9.40. The van der Waals surface area contributed by atoms with Crippen molar-refractivity contribution in [3.63, 3.8) is 0 Å². The molecule has 0 spiro atoms. The Morgan fingerprint density at radius 3 is 0.929 bits per heavy atom. The van der Waals surface area contributed by atoms with E-state index in [9.17, 15) is 15.0 Å². The number of unbranched alkanes of at least 4 members (excludes halogenated alkanes) is 40. The monoisotopic (exact) mass is 976 g/mol. The van der Waals surface area contributed by atoms with Gasteiger partial charge < -0.3 is 15.5 Å². The highest BCUT2D eigenvalue weighted by atomic mass is 16.3. The Balaban J connectivity index is 3.54. The molecule has 0 aliphatic rings. The first kappa shape index (κ1) is 67.8. The van der Waals surface area contributed by atoms with Gasteiger partial charge >= 0.3 is 0 Å². The SMILES string of the molecule is CCCCCCC/C=C\C/C=C\C/C=C\CCCCCCCCCCCCCCCCC(=O)NC(CO)C(O)/C=C/CC/C=C/CC/C=C/CCCCCCCCCCCCCCCCCCCCC. The van der Waals surface area contributed by atoms with Gasteiger partial charge in [0.05, 0.1) is 18.8 Å². The summed E-state index contributed by atoms with van der Waals surface area (Å²) in [6, 6.07) is -0.651. The lowest BCUT2D eigenvalue weighted by Gasteiger charge is -2.19. The van der Waals surface area contributed by atoms with E-state index in [0.717, 1.165) is 51.4 Å². The Labute approximate surface area is 438 Å². The molecule has 0 rings (SSSR count). The minimum atomic E-state index is -0.875. The van der Waals surface area contributed by atoms with Crippen LogP contribution in [0.25, 0.3) is 0 Å². The number of nitrogens with one attached hydrogen (secondary N) is 1. The van der Waals surface area contributed by atoms with Gasteiger partial charge in [-0.2, -0.15) is 0 Å². The van der Waals surface area contributed by atoms with E-state index in [1.807, 2.05) is 6.08 Å². The van der Waals surface area contributed by atoms with Crippen LogP contribution in [0.2, 0.25) is 0 Å². The molecule has 2 unspecified atom stereocenters. The average molecular weight is 977 g/mol. The molecule has 0 aromatic rings. The van der Waals surface area contributed by atoms with Gasteiger partial charge in [0.1, 0.15) is 0 Å². The van der Waals surface area contributed by atoms with Crippen LogP contribution in [0.4, 0.5) is 0 Å². The lowest BCUT2D eigenvalue weighted by molar-refractivity contribution is -0.123. The first-order chi connectivity index (χ1) is 34.7. The van der Waals surface area contributed by atoms with Crippen LogP contribution in [0.1, 0.15) is 322 Å². The number of carbonyl (C=O) groups excluding carboxylic acids is 1. The van der Waals surface area contributed by atoms with Crippen LogP contribution in [-0.2, 0) is 4.79 Å². The molecule has 408 valence electrons. The van der Waals surface area contributed by atoms with Gasteiger partial charge in [0, 0.05) is 6.42 Å². The van der Waals surface area contributed by atoms with E-state index < -0.39 is 12.1 Å². The maximum atomic E-state index is 12.5. The first-order valence-corrected chi connectivity index (χ1v) is 31.2. The van der Waals surface area contributed by atoms with Crippen molar-refractivity contribution in [1.82, 2.24) is 5.32 Å². The molecule has 70 heavy (non-hydrogen) atoms. The fourth-order valence-corrected chi connectivity index (χ4v) is 9.40. The molecule has 1 amide bonds. The minimum Gasteiger partial charge on any atom is -0.394 e. The third-order valence-corrected chi connectivity index (χ3v) is 14.1. The van der Waals surface area contributed by atoms with Crippen molar-refractivity contribution in [2.45, 2.75) is 334 Å². The molecule has 0 heterocycles. The van der Waals surface area contributed by atoms with Crippen LogP contribution in [-0.4, -0.2) is 34.9 Å². The molecule has 3 N–H and O–H groups in total. The quantitative estimate of drug-likeness (QED) is 0.0420. The van der Waals surface area contributed by atoms with Gasteiger partial charge in [-0.15, -0.1) is 0 Å². The van der Waals surface area contributed by atoms with Gasteiger partial charge in [-0.05, 0) is 83.5 Å². The second kappa shape index (κ2) is 61.1. The number of aliphatic hydroxyl groups is 2. The molecule has 4 nitrogen and oxygen atoms in total. The fraction of sp³-hybridized carbons (Fsp3) is 0.803. The van der Waals surface area contributed by atoms with Gasteiger partial charge in [0.15, 0.2) is 0 Å². The van der Waals surface area contributed by atoms with Crippen LogP contribution in [0.15, 0.2) is 72.9 Å². The minimum absolute atomic E-state index is 0.0771. The molecule has 0 fully saturated rings. The smallest absolute Gasteiger partial charge is 0.220 e. The van der Waals surface area contributed by atoms with Gasteiger partial charge in [-0.1, -0.05) is 305 Å². The maximum absolute atomic E-state index is 12.5. The predicted octanol–water partition coefficient (Wildman–Crippen LogP) is 20.9. The summed E-state index contributed by atoms with van der Waals surface area (Å²) in [5.74, 6) is -0.0771. The average Bonchev–Trinajstić information content (AvgIpc) is 3.36. The van der Waals surface area contributed by atoms with Gasteiger partial charge in [-0.25, -0.2) is 0 Å². The molecule has 4 heteroatoms. The van der Waals surface area contributed by atoms with Crippen LogP contribution in [0, 0.1) is 0 Å². The van der Waals surface area contributed by atoms with Gasteiger partial charge in [0.2, 0.25) is 5.91 Å². The first-order valence-electron chi connectivity index (χ1n) is 31.2. The Morgan fingerprint density at radius 2 is 0.600 bits per heavy atom. The molecule has 0 aromatic carbocycles. The Hall–Kier alpha value is -2.17. The van der Waals surface area contributed by atoms with Crippen LogP contribution >= 0.6 is 0 Å². The second-order valence-corrected chi connectivity index (χ2v) is 21.1. The summed E-state index contributed by atoms with van der Waals surface area (Å²) in [4.78, 5) is 12.5. The molecule has 0 bridgehead atoms. The number of amides is 1. The zero-order valence-corrected chi connectivity index (χ0v) is 47.0. The molecule has 0 aliphatic heterocycles. The van der Waals surface area contributed by atoms with E-state index in [4.69, 9.17) is 0 Å². The molecule has 0 radical (unpaired) electrons. The van der Waals surface area contributed by atoms with Crippen LogP contribution < -0.4 is 5.32 Å². The summed E-state index contributed by atoms with van der Waals surface area (Å²) in [7, 11) is 0. The molecular weight excluding hydrogens is 855 g/mol. The number of hydrogen-bond donors (Lipinski definition) is 3. The van der Waals surface area contributed by atoms with Gasteiger partial charge in [-0.3, -0.25) is 4.79 Å². The number of carbonyl (C=O) groups is 1. The van der Waals surface area contributed by atoms with Crippen molar-refractivity contribution in [2.75, 3.05) is 6.61 Å². The summed E-state index contributed by atoms with van der Waals surface area (Å²) in [5.41, 5.74) is 0. The normalized spacial score (nSPS) is 13.3. The Bertz CT molecular complexity index is 1200. The van der Waals surface area contributed by atoms with Crippen molar-refractivity contribution >= 4 is 5.91 Å². The van der Waals surface area contributed by atoms with E-state index in [1.165, 1.54) is 250 Å². The van der Waals surface area contributed by atoms with Crippen molar-refractivity contribution in [3.05, 3.63) is 72.9 Å². The molecule has 0 aromatic heterocycles. The number of aliphatic hydroxyl groups excluding tert-OH is 2. The zero-order chi connectivity index (χ0) is 50.6. The van der Waals surface area contributed by atoms with Crippen molar-refractivity contribution in [2.24, 2.45) is 0 Å². The van der Waals surface area contributed by atoms with E-state index in [1.54, 1.807) is 6.08 Å². The molecule has 0 aliphatic carbocycles. The highest BCUT2D eigenvalue weighted by molar-refractivity contribution is 5.76. The third-order valence-electron chi connectivity index (χ3n) is 14.1. The molecular formula is C66H121NO3. The number of hydrogen-bond acceptors (Lipinski definition) is 3. The number of allylic oxidation sites excluding steroid dienone is 11. The lowest BCUT2D eigenvalue weighted by atomic mass is 10.0. The molecule has 0 saturated heterocycles. The van der Waals surface area contributed by atoms with E-state index in [0.29, 0.717) is 6.42 Å². The highest BCUT2D eigenvalue weighted by Crippen LogP contribution is 2.17. The summed E-state index contributed by atoms with van der Waals surface area (Å²) in [5, 5.41) is 23.2. The van der Waals surface area contributed by atoms with Crippen molar-refractivity contribution in [3.8, 4) is 0 Å². The molecule has 2 atom stereocenters. The maximum Gasteiger partial charge on any atom is 0.220 e.